The third-order valence-electron chi connectivity index (χ3n) is 5.90. The fourth-order valence-electron chi connectivity index (χ4n) is 3.91. The molecule has 0 aliphatic carbocycles. The summed E-state index contributed by atoms with van der Waals surface area (Å²) in [5.41, 5.74) is -0.787. The Labute approximate surface area is 199 Å². The average molecular weight is 487 g/mol. The van der Waals surface area contributed by atoms with Crippen LogP contribution < -0.4 is 11.2 Å². The third-order valence-corrected chi connectivity index (χ3v) is 6.89. The molecule has 2 heterocycles. The van der Waals surface area contributed by atoms with E-state index in [1.165, 1.54) is 60.8 Å². The molecule has 1 aliphatic rings. The first-order valence-electron chi connectivity index (χ1n) is 12.3. The molecule has 0 aromatic carbocycles. The lowest BCUT2D eigenvalue weighted by atomic mass is 10.1. The predicted molar refractivity (Wildman–Crippen MR) is 130 cm³/mol. The number of unbranched alkanes of at least 4 members (excludes halogenated alkanes) is 8. The van der Waals surface area contributed by atoms with Gasteiger partial charge in [-0.3, -0.25) is 19.1 Å². The van der Waals surface area contributed by atoms with Crippen molar-refractivity contribution in [1.82, 2.24) is 9.55 Å². The number of esters is 1. The van der Waals surface area contributed by atoms with Crippen LogP contribution in [0.5, 0.6) is 0 Å². The van der Waals surface area contributed by atoms with Gasteiger partial charge in [0.25, 0.3) is 5.56 Å². The van der Waals surface area contributed by atoms with Gasteiger partial charge < -0.3 is 9.47 Å². The number of thioether (sulfide) groups is 1. The molecule has 1 N–H and O–H groups in total. The molecule has 1 aliphatic heterocycles. The molecular weight excluding hydrogens is 447 g/mol. The van der Waals surface area contributed by atoms with E-state index in [0.717, 1.165) is 19.3 Å². The highest BCUT2D eigenvalue weighted by atomic mass is 32.2. The van der Waals surface area contributed by atoms with E-state index >= 15 is 0 Å². The molecule has 33 heavy (non-hydrogen) atoms. The highest BCUT2D eigenvalue weighted by Crippen LogP contribution is 2.30. The molecular formula is C24H39FN2O5S. The summed E-state index contributed by atoms with van der Waals surface area (Å²) in [4.78, 5) is 37.6. The van der Waals surface area contributed by atoms with Crippen LogP contribution in [0.25, 0.3) is 0 Å². The minimum absolute atomic E-state index is 0.0364. The molecule has 9 heteroatoms. The quantitative estimate of drug-likeness (QED) is 0.270. The number of aromatic amines is 1. The largest absolute Gasteiger partial charge is 0.463 e. The number of carbonyl (C=O) groups is 1. The van der Waals surface area contributed by atoms with E-state index < -0.39 is 29.8 Å². The van der Waals surface area contributed by atoms with Crippen LogP contribution in [0.15, 0.2) is 15.8 Å². The maximum atomic E-state index is 14.3. The number of hydrogen-bond donors (Lipinski definition) is 1. The molecule has 7 nitrogen and oxygen atoms in total. The lowest BCUT2D eigenvalue weighted by Gasteiger charge is -2.16. The Kier molecular flexibility index (Phi) is 12.8. The lowest BCUT2D eigenvalue weighted by Crippen LogP contribution is -2.33. The maximum absolute atomic E-state index is 14.3. The summed E-state index contributed by atoms with van der Waals surface area (Å²) in [6, 6.07) is 0. The Balaban J connectivity index is 1.54. The number of rotatable bonds is 16. The lowest BCUT2D eigenvalue weighted by molar-refractivity contribution is -0.149. The molecule has 0 spiro atoms. The Morgan fingerprint density at radius 3 is 2.45 bits per heavy atom. The molecule has 0 amide bonds. The van der Waals surface area contributed by atoms with Crippen LogP contribution in [0.2, 0.25) is 0 Å². The summed E-state index contributed by atoms with van der Waals surface area (Å²) in [6.45, 7) is 3.58. The van der Waals surface area contributed by atoms with Gasteiger partial charge >= 0.3 is 11.7 Å². The first-order valence-corrected chi connectivity index (χ1v) is 13.4. The monoisotopic (exact) mass is 486 g/mol. The summed E-state index contributed by atoms with van der Waals surface area (Å²) >= 11 is 2.01. The zero-order valence-corrected chi connectivity index (χ0v) is 20.8. The van der Waals surface area contributed by atoms with Crippen LogP contribution in [-0.4, -0.2) is 45.9 Å². The number of nitrogens with one attached hydrogen (secondary N) is 1. The number of nitrogens with zero attached hydrogens (tertiary/aromatic N) is 1. The van der Waals surface area contributed by atoms with Gasteiger partial charge in [-0.1, -0.05) is 51.9 Å². The molecule has 0 saturated carbocycles. The minimum Gasteiger partial charge on any atom is -0.463 e. The zero-order chi connectivity index (χ0) is 24.1. The zero-order valence-electron chi connectivity index (χ0n) is 20.0. The fourth-order valence-corrected chi connectivity index (χ4v) is 4.61. The SMILES string of the molecule is CCSCCCCCCCCCCCC(=O)OCC1OC(n2cc(C)c(=O)[nH]c2=O)CC1F. The molecule has 3 atom stereocenters. The first-order chi connectivity index (χ1) is 15.9. The molecule has 1 aromatic heterocycles. The van der Waals surface area contributed by atoms with Gasteiger partial charge in [-0.05, 0) is 31.3 Å². The summed E-state index contributed by atoms with van der Waals surface area (Å²) in [7, 11) is 0. The second kappa shape index (κ2) is 15.3. The van der Waals surface area contributed by atoms with Crippen molar-refractivity contribution in [1.29, 1.82) is 0 Å². The molecule has 1 saturated heterocycles. The van der Waals surface area contributed by atoms with Gasteiger partial charge in [0.1, 0.15) is 25.1 Å². The summed E-state index contributed by atoms with van der Waals surface area (Å²) in [5, 5.41) is 0. The van der Waals surface area contributed by atoms with Crippen LogP contribution in [0.4, 0.5) is 4.39 Å². The van der Waals surface area contributed by atoms with Gasteiger partial charge in [0.05, 0.1) is 0 Å². The number of ether oxygens (including phenoxy) is 2. The van der Waals surface area contributed by atoms with Crippen LogP contribution >= 0.6 is 11.8 Å². The average Bonchev–Trinajstić information content (AvgIpc) is 3.15. The van der Waals surface area contributed by atoms with E-state index in [-0.39, 0.29) is 19.0 Å². The van der Waals surface area contributed by atoms with Gasteiger partial charge in [0.15, 0.2) is 0 Å². The van der Waals surface area contributed by atoms with Crippen molar-refractivity contribution in [3.8, 4) is 0 Å². The summed E-state index contributed by atoms with van der Waals surface area (Å²) in [6.07, 6.45) is 9.11. The van der Waals surface area contributed by atoms with Crippen molar-refractivity contribution in [2.75, 3.05) is 18.1 Å². The van der Waals surface area contributed by atoms with Gasteiger partial charge in [0, 0.05) is 24.6 Å². The maximum Gasteiger partial charge on any atom is 0.330 e. The van der Waals surface area contributed by atoms with E-state index in [1.807, 2.05) is 11.8 Å². The van der Waals surface area contributed by atoms with Crippen molar-refractivity contribution < 1.29 is 18.7 Å². The predicted octanol–water partition coefficient (Wildman–Crippen LogP) is 4.67. The van der Waals surface area contributed by atoms with Crippen LogP contribution in [0.1, 0.15) is 89.3 Å². The van der Waals surface area contributed by atoms with Crippen molar-refractivity contribution in [2.45, 2.75) is 103 Å². The molecule has 188 valence electrons. The number of hydrogen-bond acceptors (Lipinski definition) is 6. The Hall–Kier alpha value is -1.61. The number of H-pyrrole nitrogens is 1. The Morgan fingerprint density at radius 1 is 1.15 bits per heavy atom. The van der Waals surface area contributed by atoms with Crippen LogP contribution in [0.3, 0.4) is 0 Å². The summed E-state index contributed by atoms with van der Waals surface area (Å²) in [5.74, 6) is 2.14. The van der Waals surface area contributed by atoms with E-state index in [4.69, 9.17) is 9.47 Å². The standard InChI is InChI=1S/C24H39FN2O5S/c1-3-33-14-12-10-8-6-4-5-7-9-11-13-22(28)31-17-20-19(25)15-21(32-20)27-16-18(2)23(29)26-24(27)30/h16,19-21H,3-15,17H2,1-2H3,(H,26,29,30). The van der Waals surface area contributed by atoms with Crippen molar-refractivity contribution in [3.63, 3.8) is 0 Å². The van der Waals surface area contributed by atoms with E-state index in [1.54, 1.807) is 6.92 Å². The molecule has 1 aromatic rings. The molecule has 0 radical (unpaired) electrons. The molecule has 3 unspecified atom stereocenters. The van der Waals surface area contributed by atoms with Crippen molar-refractivity contribution >= 4 is 17.7 Å². The second-order valence-corrected chi connectivity index (χ2v) is 10.1. The normalized spacial score (nSPS) is 20.3. The summed E-state index contributed by atoms with van der Waals surface area (Å²) < 4.78 is 26.3. The van der Waals surface area contributed by atoms with E-state index in [0.29, 0.717) is 12.0 Å². The highest BCUT2D eigenvalue weighted by molar-refractivity contribution is 7.99. The van der Waals surface area contributed by atoms with E-state index in [2.05, 4.69) is 11.9 Å². The minimum atomic E-state index is -1.35. The van der Waals surface area contributed by atoms with Crippen molar-refractivity contribution in [3.05, 3.63) is 32.6 Å². The smallest absolute Gasteiger partial charge is 0.330 e. The van der Waals surface area contributed by atoms with Crippen LogP contribution in [-0.2, 0) is 14.3 Å². The number of alkyl halides is 1. The third kappa shape index (κ3) is 10.0. The molecule has 2 rings (SSSR count). The van der Waals surface area contributed by atoms with E-state index in [9.17, 15) is 18.8 Å². The van der Waals surface area contributed by atoms with Gasteiger partial charge in [0.2, 0.25) is 0 Å². The molecule has 1 fully saturated rings. The second-order valence-electron chi connectivity index (χ2n) is 8.67. The number of carbonyl (C=O) groups excluding carboxylic acids is 1. The van der Waals surface area contributed by atoms with Gasteiger partial charge in [-0.25, -0.2) is 9.18 Å². The highest BCUT2D eigenvalue weighted by Gasteiger charge is 2.37. The van der Waals surface area contributed by atoms with Crippen LogP contribution in [0, 0.1) is 6.92 Å². The fraction of sp³-hybridized carbons (Fsp3) is 0.792. The number of halogens is 1. The number of aryl methyl sites for hydroxylation is 1. The van der Waals surface area contributed by atoms with Crippen molar-refractivity contribution in [2.24, 2.45) is 0 Å². The first kappa shape index (κ1) is 27.6. The van der Waals surface area contributed by atoms with Gasteiger partial charge in [-0.15, -0.1) is 0 Å². The Morgan fingerprint density at radius 2 is 1.79 bits per heavy atom. The molecule has 0 bridgehead atoms. The number of aromatic nitrogens is 2. The Bertz CT molecular complexity index is 828. The van der Waals surface area contributed by atoms with Gasteiger partial charge in [-0.2, -0.15) is 11.8 Å². The topological polar surface area (TPSA) is 90.4 Å².